The van der Waals surface area contributed by atoms with E-state index in [0.29, 0.717) is 23.9 Å². The molecular weight excluding hydrogens is 309 g/mol. The third-order valence-corrected chi connectivity index (χ3v) is 4.63. The highest BCUT2D eigenvalue weighted by molar-refractivity contribution is 7.99. The Labute approximate surface area is 123 Å². The smallest absolute Gasteiger partial charge is 0.370 e. The van der Waals surface area contributed by atoms with Gasteiger partial charge >= 0.3 is 6.18 Å². The maximum Gasteiger partial charge on any atom is 0.434 e. The molecule has 0 saturated carbocycles. The molecule has 1 aliphatic heterocycles. The van der Waals surface area contributed by atoms with Crippen molar-refractivity contribution in [3.63, 3.8) is 0 Å². The summed E-state index contributed by atoms with van der Waals surface area (Å²) in [6, 6.07) is 0. The van der Waals surface area contributed by atoms with Crippen LogP contribution in [0, 0.1) is 0 Å². The summed E-state index contributed by atoms with van der Waals surface area (Å²) in [5.41, 5.74) is 5.03. The van der Waals surface area contributed by atoms with E-state index in [1.165, 1.54) is 0 Å². The number of guanidine groups is 1. The lowest BCUT2D eigenvalue weighted by atomic mass is 10.4. The van der Waals surface area contributed by atoms with Crippen molar-refractivity contribution in [2.24, 2.45) is 10.7 Å². The number of nitrogens with two attached hydrogens (primary N) is 1. The molecule has 20 heavy (non-hydrogen) atoms. The van der Waals surface area contributed by atoms with Gasteiger partial charge in [0.2, 0.25) is 0 Å². The highest BCUT2D eigenvalue weighted by Gasteiger charge is 2.33. The zero-order valence-electron chi connectivity index (χ0n) is 10.7. The van der Waals surface area contributed by atoms with E-state index in [-0.39, 0.29) is 0 Å². The van der Waals surface area contributed by atoms with Gasteiger partial charge in [0.1, 0.15) is 0 Å². The molecule has 1 saturated heterocycles. The Balaban J connectivity index is 1.84. The van der Waals surface area contributed by atoms with Gasteiger partial charge in [-0.3, -0.25) is 4.99 Å². The fourth-order valence-electron chi connectivity index (χ4n) is 1.71. The minimum absolute atomic E-state index is 0.361. The monoisotopic (exact) mass is 324 g/mol. The number of thiazole rings is 1. The molecule has 9 heteroatoms. The molecule has 0 amide bonds. The van der Waals surface area contributed by atoms with Gasteiger partial charge in [0.05, 0.1) is 5.01 Å². The Morgan fingerprint density at radius 1 is 1.40 bits per heavy atom. The molecular formula is C11H15F3N4S2. The van der Waals surface area contributed by atoms with Crippen LogP contribution in [0.1, 0.15) is 10.7 Å². The molecule has 0 atom stereocenters. The van der Waals surface area contributed by atoms with Gasteiger partial charge in [-0.15, -0.1) is 11.3 Å². The summed E-state index contributed by atoms with van der Waals surface area (Å²) < 4.78 is 37.1. The number of aromatic nitrogens is 1. The van der Waals surface area contributed by atoms with Crippen LogP contribution in [-0.2, 0) is 12.6 Å². The standard InChI is InChI=1S/C11H15F3N4S2/c12-11(13,14)8-7-20-9(17-8)1-2-16-10(15)18-3-5-19-6-4-18/h7H,1-6H2,(H2,15,16). The van der Waals surface area contributed by atoms with Crippen molar-refractivity contribution in [1.82, 2.24) is 9.88 Å². The molecule has 0 radical (unpaired) electrons. The van der Waals surface area contributed by atoms with Crippen molar-refractivity contribution in [2.75, 3.05) is 31.1 Å². The predicted octanol–water partition coefficient (Wildman–Crippen LogP) is 2.07. The number of halogens is 3. The SMILES string of the molecule is NC(=NCCc1nc(C(F)(F)F)cs1)N1CCSCC1. The highest BCUT2D eigenvalue weighted by atomic mass is 32.2. The van der Waals surface area contributed by atoms with Crippen LogP contribution in [0.4, 0.5) is 13.2 Å². The maximum atomic E-state index is 12.4. The molecule has 2 N–H and O–H groups in total. The van der Waals surface area contributed by atoms with E-state index in [0.717, 1.165) is 41.3 Å². The Hall–Kier alpha value is -0.960. The van der Waals surface area contributed by atoms with Gasteiger partial charge in [0.25, 0.3) is 0 Å². The van der Waals surface area contributed by atoms with Gasteiger partial charge in [-0.2, -0.15) is 24.9 Å². The average Bonchev–Trinajstić information content (AvgIpc) is 2.88. The van der Waals surface area contributed by atoms with E-state index in [9.17, 15) is 13.2 Å². The van der Waals surface area contributed by atoms with Crippen LogP contribution < -0.4 is 5.73 Å². The van der Waals surface area contributed by atoms with Crippen LogP contribution in [0.5, 0.6) is 0 Å². The van der Waals surface area contributed by atoms with Gasteiger partial charge in [0, 0.05) is 42.9 Å². The molecule has 1 fully saturated rings. The summed E-state index contributed by atoms with van der Waals surface area (Å²) >= 11 is 2.88. The molecule has 1 aromatic heterocycles. The number of rotatable bonds is 3. The molecule has 0 aliphatic carbocycles. The van der Waals surface area contributed by atoms with Gasteiger partial charge < -0.3 is 10.6 Å². The number of nitrogens with zero attached hydrogens (tertiary/aromatic N) is 3. The molecule has 2 rings (SSSR count). The summed E-state index contributed by atoms with van der Waals surface area (Å²) in [6.45, 7) is 2.10. The van der Waals surface area contributed by atoms with E-state index in [2.05, 4.69) is 9.98 Å². The topological polar surface area (TPSA) is 54.5 Å². The largest absolute Gasteiger partial charge is 0.434 e. The van der Waals surface area contributed by atoms with Crippen molar-refractivity contribution >= 4 is 29.1 Å². The maximum absolute atomic E-state index is 12.4. The van der Waals surface area contributed by atoms with E-state index >= 15 is 0 Å². The first-order valence-electron chi connectivity index (χ1n) is 6.11. The third-order valence-electron chi connectivity index (χ3n) is 2.78. The molecule has 0 bridgehead atoms. The Morgan fingerprint density at radius 3 is 2.70 bits per heavy atom. The number of hydrogen-bond acceptors (Lipinski definition) is 4. The van der Waals surface area contributed by atoms with Crippen LogP contribution in [0.25, 0.3) is 0 Å². The van der Waals surface area contributed by atoms with E-state index in [1.54, 1.807) is 0 Å². The lowest BCUT2D eigenvalue weighted by Crippen LogP contribution is -2.42. The highest BCUT2D eigenvalue weighted by Crippen LogP contribution is 2.30. The van der Waals surface area contributed by atoms with Crippen LogP contribution in [0.2, 0.25) is 0 Å². The van der Waals surface area contributed by atoms with Crippen molar-refractivity contribution in [1.29, 1.82) is 0 Å². The number of aliphatic imine (C=N–C) groups is 1. The number of alkyl halides is 3. The Kier molecular flexibility index (Phi) is 5.14. The molecule has 112 valence electrons. The van der Waals surface area contributed by atoms with Crippen LogP contribution in [0.15, 0.2) is 10.4 Å². The van der Waals surface area contributed by atoms with Crippen LogP contribution >= 0.6 is 23.1 Å². The molecule has 0 spiro atoms. The van der Waals surface area contributed by atoms with E-state index in [1.807, 2.05) is 16.7 Å². The Morgan fingerprint density at radius 2 is 2.10 bits per heavy atom. The average molecular weight is 324 g/mol. The van der Waals surface area contributed by atoms with E-state index in [4.69, 9.17) is 5.73 Å². The van der Waals surface area contributed by atoms with Crippen LogP contribution in [0.3, 0.4) is 0 Å². The molecule has 0 aromatic carbocycles. The predicted molar refractivity (Wildman–Crippen MR) is 76.2 cm³/mol. The zero-order chi connectivity index (χ0) is 14.6. The van der Waals surface area contributed by atoms with E-state index < -0.39 is 11.9 Å². The van der Waals surface area contributed by atoms with Gasteiger partial charge in [-0.05, 0) is 0 Å². The minimum atomic E-state index is -4.37. The van der Waals surface area contributed by atoms with Gasteiger partial charge in [0.15, 0.2) is 11.7 Å². The first-order valence-corrected chi connectivity index (χ1v) is 8.14. The van der Waals surface area contributed by atoms with Gasteiger partial charge in [-0.1, -0.05) is 0 Å². The summed E-state index contributed by atoms with van der Waals surface area (Å²) in [4.78, 5) is 9.77. The molecule has 4 nitrogen and oxygen atoms in total. The molecule has 1 aromatic rings. The van der Waals surface area contributed by atoms with Crippen molar-refractivity contribution in [3.8, 4) is 0 Å². The summed E-state index contributed by atoms with van der Waals surface area (Å²) in [5, 5.41) is 1.47. The van der Waals surface area contributed by atoms with Crippen molar-refractivity contribution < 1.29 is 13.2 Å². The van der Waals surface area contributed by atoms with Gasteiger partial charge in [-0.25, -0.2) is 4.98 Å². The Bertz CT molecular complexity index is 466. The summed E-state index contributed by atoms with van der Waals surface area (Å²) in [5.74, 6) is 2.52. The minimum Gasteiger partial charge on any atom is -0.370 e. The quantitative estimate of drug-likeness (QED) is 0.683. The molecule has 0 unspecified atom stereocenters. The normalized spacial score (nSPS) is 17.6. The van der Waals surface area contributed by atoms with Crippen molar-refractivity contribution in [3.05, 3.63) is 16.1 Å². The second-order valence-corrected chi connectivity index (χ2v) is 6.38. The molecule has 1 aliphatic rings. The first-order chi connectivity index (χ1) is 9.47. The second kappa shape index (κ2) is 6.66. The summed E-state index contributed by atoms with van der Waals surface area (Å²) in [7, 11) is 0. The first kappa shape index (κ1) is 15.4. The van der Waals surface area contributed by atoms with Crippen molar-refractivity contribution in [2.45, 2.75) is 12.6 Å². The lowest BCUT2D eigenvalue weighted by Gasteiger charge is -2.27. The third kappa shape index (κ3) is 4.27. The zero-order valence-corrected chi connectivity index (χ0v) is 12.3. The number of thioether (sulfide) groups is 1. The fraction of sp³-hybridized carbons (Fsp3) is 0.636. The van der Waals surface area contributed by atoms with Crippen LogP contribution in [-0.4, -0.2) is 47.0 Å². The fourth-order valence-corrected chi connectivity index (χ4v) is 3.41. The summed E-state index contributed by atoms with van der Waals surface area (Å²) in [6.07, 6.45) is -3.99. The number of hydrogen-bond donors (Lipinski definition) is 1. The second-order valence-electron chi connectivity index (χ2n) is 4.21. The lowest BCUT2D eigenvalue weighted by molar-refractivity contribution is -0.140. The molecule has 2 heterocycles.